The fourth-order valence-electron chi connectivity index (χ4n) is 1.38. The van der Waals surface area contributed by atoms with Crippen LogP contribution < -0.4 is 29.6 Å². The molecule has 0 unspecified atom stereocenters. The Bertz CT molecular complexity index is 298. The summed E-state index contributed by atoms with van der Waals surface area (Å²) in [5, 5.41) is 0. The van der Waals surface area contributed by atoms with E-state index in [0.717, 1.165) is 6.42 Å². The molecule has 2 rings (SSSR count). The topological polar surface area (TPSA) is 0 Å². The van der Waals surface area contributed by atoms with E-state index in [4.69, 9.17) is 0 Å². The number of hydrogen-bond donors (Lipinski definition) is 0. The average Bonchev–Trinajstić information content (AvgIpc) is 2.21. The third kappa shape index (κ3) is 2.77. The molecular formula is C12H11Na. The minimum atomic E-state index is 0. The molecule has 1 heteroatoms. The van der Waals surface area contributed by atoms with Crippen LogP contribution in [0.3, 0.4) is 0 Å². The predicted octanol–water partition coefficient (Wildman–Crippen LogP) is 0.129. The summed E-state index contributed by atoms with van der Waals surface area (Å²) in [7, 11) is 0. The van der Waals surface area contributed by atoms with Crippen LogP contribution in [0, 0.1) is 5.92 Å². The van der Waals surface area contributed by atoms with Gasteiger partial charge in [0.2, 0.25) is 0 Å². The van der Waals surface area contributed by atoms with Crippen molar-refractivity contribution < 1.29 is 29.6 Å². The Kier molecular flexibility index (Phi) is 4.37. The molecule has 0 radical (unpaired) electrons. The summed E-state index contributed by atoms with van der Waals surface area (Å²) in [5.41, 5.74) is 1.33. The second kappa shape index (κ2) is 5.33. The molecule has 0 atom stereocenters. The van der Waals surface area contributed by atoms with Crippen LogP contribution in [0.25, 0.3) is 0 Å². The number of allylic oxidation sites excluding steroid dienone is 4. The average molecular weight is 178 g/mol. The zero-order valence-electron chi connectivity index (χ0n) is 7.90. The van der Waals surface area contributed by atoms with Gasteiger partial charge in [-0.1, -0.05) is 12.1 Å². The molecule has 1 aromatic rings. The van der Waals surface area contributed by atoms with Gasteiger partial charge in [0.25, 0.3) is 0 Å². The molecule has 0 fully saturated rings. The summed E-state index contributed by atoms with van der Waals surface area (Å²) in [6.07, 6.45) is 9.59. The summed E-state index contributed by atoms with van der Waals surface area (Å²) >= 11 is 0. The summed E-state index contributed by atoms with van der Waals surface area (Å²) in [5.74, 6) is 1.40. The maximum Gasteiger partial charge on any atom is 1.00 e. The van der Waals surface area contributed by atoms with E-state index in [-0.39, 0.29) is 29.6 Å². The first-order valence-electron chi connectivity index (χ1n) is 4.21. The Morgan fingerprint density at radius 3 is 2.38 bits per heavy atom. The maximum absolute atomic E-state index is 2.18. The molecule has 0 spiro atoms. The molecule has 0 bridgehead atoms. The van der Waals surface area contributed by atoms with Gasteiger partial charge < -0.3 is 0 Å². The smallest absolute Gasteiger partial charge is 0.145 e. The van der Waals surface area contributed by atoms with E-state index in [1.807, 2.05) is 6.07 Å². The van der Waals surface area contributed by atoms with E-state index in [9.17, 15) is 0 Å². The van der Waals surface area contributed by atoms with Crippen molar-refractivity contribution in [1.82, 2.24) is 0 Å². The van der Waals surface area contributed by atoms with Crippen LogP contribution in [0.1, 0.15) is 12.0 Å². The van der Waals surface area contributed by atoms with Gasteiger partial charge in [0.05, 0.1) is 0 Å². The number of benzene rings is 1. The normalized spacial score (nSPS) is 14.0. The third-order valence-corrected chi connectivity index (χ3v) is 2.03. The summed E-state index contributed by atoms with van der Waals surface area (Å²) in [6, 6.07) is 10.5. The van der Waals surface area contributed by atoms with Crippen molar-refractivity contribution in [2.75, 3.05) is 0 Å². The van der Waals surface area contributed by atoms with Gasteiger partial charge in [-0.2, -0.15) is 0 Å². The molecule has 13 heavy (non-hydrogen) atoms. The minimum Gasteiger partial charge on any atom is -0.145 e. The molecule has 0 saturated carbocycles. The van der Waals surface area contributed by atoms with E-state index in [0.29, 0.717) is 0 Å². The van der Waals surface area contributed by atoms with Crippen molar-refractivity contribution in [2.45, 2.75) is 6.42 Å². The predicted molar refractivity (Wildman–Crippen MR) is 51.7 cm³/mol. The number of hydrogen-bond acceptors (Lipinski definition) is 0. The van der Waals surface area contributed by atoms with Crippen molar-refractivity contribution in [3.8, 4) is 0 Å². The molecular weight excluding hydrogens is 167 g/mol. The molecule has 0 N–H and O–H groups in total. The van der Waals surface area contributed by atoms with Crippen molar-refractivity contribution in [3.63, 3.8) is 0 Å². The minimum absolute atomic E-state index is 0. The standard InChI is InChI=1S/C12H11.Na/c1-3-7-11(8-4-1)12-9-5-2-6-10-12;/h1-9H,10H2;/q-1;+1. The fourth-order valence-corrected chi connectivity index (χ4v) is 1.38. The fraction of sp³-hybridized carbons (Fsp3) is 0.0833. The Morgan fingerprint density at radius 2 is 1.77 bits per heavy atom. The van der Waals surface area contributed by atoms with E-state index < -0.39 is 0 Å². The SMILES string of the molecule is C1=CC[C-](c2ccccc2)C=C1.[Na+]. The quantitative estimate of drug-likeness (QED) is 0.423. The molecule has 0 aromatic heterocycles. The second-order valence-corrected chi connectivity index (χ2v) is 2.88. The third-order valence-electron chi connectivity index (χ3n) is 2.03. The van der Waals surface area contributed by atoms with Gasteiger partial charge >= 0.3 is 29.6 Å². The number of rotatable bonds is 1. The van der Waals surface area contributed by atoms with Crippen molar-refractivity contribution in [2.24, 2.45) is 0 Å². The van der Waals surface area contributed by atoms with Gasteiger partial charge in [-0.25, -0.2) is 0 Å². The van der Waals surface area contributed by atoms with E-state index >= 15 is 0 Å². The van der Waals surface area contributed by atoms with Crippen LogP contribution in [-0.2, 0) is 0 Å². The van der Waals surface area contributed by atoms with Crippen molar-refractivity contribution >= 4 is 0 Å². The Labute approximate surface area is 102 Å². The zero-order chi connectivity index (χ0) is 8.23. The van der Waals surface area contributed by atoms with Crippen molar-refractivity contribution in [1.29, 1.82) is 0 Å². The van der Waals surface area contributed by atoms with Gasteiger partial charge in [-0.15, -0.1) is 54.0 Å². The van der Waals surface area contributed by atoms with Crippen LogP contribution in [0.5, 0.6) is 0 Å². The molecule has 1 aromatic carbocycles. The summed E-state index contributed by atoms with van der Waals surface area (Å²) in [6.45, 7) is 0. The maximum atomic E-state index is 2.18. The largest absolute Gasteiger partial charge is 1.00 e. The van der Waals surface area contributed by atoms with Gasteiger partial charge in [0.15, 0.2) is 0 Å². The van der Waals surface area contributed by atoms with Crippen LogP contribution in [0.2, 0.25) is 0 Å². The van der Waals surface area contributed by atoms with Crippen LogP contribution in [-0.4, -0.2) is 0 Å². The van der Waals surface area contributed by atoms with Crippen molar-refractivity contribution in [3.05, 3.63) is 66.1 Å². The molecule has 60 valence electrons. The van der Waals surface area contributed by atoms with E-state index in [1.54, 1.807) is 0 Å². The first-order valence-corrected chi connectivity index (χ1v) is 4.21. The molecule has 0 saturated heterocycles. The molecule has 1 aliphatic rings. The monoisotopic (exact) mass is 178 g/mol. The van der Waals surface area contributed by atoms with Crippen LogP contribution in [0.4, 0.5) is 0 Å². The Morgan fingerprint density at radius 1 is 1.00 bits per heavy atom. The van der Waals surface area contributed by atoms with E-state index in [1.165, 1.54) is 11.5 Å². The van der Waals surface area contributed by atoms with Gasteiger partial charge in [-0.3, -0.25) is 0 Å². The Balaban J connectivity index is 0.000000845. The van der Waals surface area contributed by atoms with Crippen LogP contribution in [0.15, 0.2) is 54.6 Å². The van der Waals surface area contributed by atoms with Crippen LogP contribution >= 0.6 is 0 Å². The first-order chi connectivity index (χ1) is 5.97. The van der Waals surface area contributed by atoms with Gasteiger partial charge in [0.1, 0.15) is 0 Å². The molecule has 0 aliphatic heterocycles. The molecule has 1 aliphatic carbocycles. The van der Waals surface area contributed by atoms with Gasteiger partial charge in [0, 0.05) is 0 Å². The second-order valence-electron chi connectivity index (χ2n) is 2.88. The molecule has 0 amide bonds. The Hall–Kier alpha value is -0.430. The van der Waals surface area contributed by atoms with E-state index in [2.05, 4.69) is 48.6 Å². The zero-order valence-corrected chi connectivity index (χ0v) is 9.90. The summed E-state index contributed by atoms with van der Waals surface area (Å²) in [4.78, 5) is 0. The van der Waals surface area contributed by atoms with Gasteiger partial charge in [-0.05, 0) is 6.42 Å². The summed E-state index contributed by atoms with van der Waals surface area (Å²) < 4.78 is 0. The molecule has 0 heterocycles. The molecule has 0 nitrogen and oxygen atoms in total. The first kappa shape index (κ1) is 10.6.